The Morgan fingerprint density at radius 1 is 1.00 bits per heavy atom. The van der Waals surface area contributed by atoms with Crippen LogP contribution in [0.1, 0.15) is 28.8 Å². The van der Waals surface area contributed by atoms with Gasteiger partial charge in [0.05, 0.1) is 0 Å². The van der Waals surface area contributed by atoms with Gasteiger partial charge in [0.2, 0.25) is 0 Å². The molecular weight excluding hydrogens is 358 g/mol. The lowest BCUT2D eigenvalue weighted by molar-refractivity contribution is -0.124. The van der Waals surface area contributed by atoms with Crippen LogP contribution in [0.15, 0.2) is 60.7 Å². The summed E-state index contributed by atoms with van der Waals surface area (Å²) in [5.41, 5.74) is 0.901. The lowest BCUT2D eigenvalue weighted by Gasteiger charge is -2.13. The number of amides is 1. The zero-order valence-electron chi connectivity index (χ0n) is 15.4. The molecule has 144 valence electrons. The smallest absolute Gasteiger partial charge is 0.342 e. The Balaban J connectivity index is 1.59. The monoisotopic (exact) mass is 379 g/mol. The van der Waals surface area contributed by atoms with Crippen molar-refractivity contribution in [2.75, 3.05) is 13.2 Å². The van der Waals surface area contributed by atoms with Crippen molar-refractivity contribution in [1.29, 1.82) is 0 Å². The van der Waals surface area contributed by atoms with Crippen molar-refractivity contribution >= 4 is 22.6 Å². The second-order valence-corrected chi connectivity index (χ2v) is 6.53. The van der Waals surface area contributed by atoms with E-state index in [-0.39, 0.29) is 23.0 Å². The summed E-state index contributed by atoms with van der Waals surface area (Å²) in [5, 5.41) is 23.8. The highest BCUT2D eigenvalue weighted by Crippen LogP contribution is 2.35. The highest BCUT2D eigenvalue weighted by atomic mass is 16.5. The molecule has 0 saturated carbocycles. The summed E-state index contributed by atoms with van der Waals surface area (Å²) in [4.78, 5) is 24.2. The molecule has 6 nitrogen and oxygen atoms in total. The second-order valence-electron chi connectivity index (χ2n) is 6.53. The number of carbonyl (C=O) groups is 2. The predicted octanol–water partition coefficient (Wildman–Crippen LogP) is 3.33. The number of hydrogen-bond donors (Lipinski definition) is 3. The van der Waals surface area contributed by atoms with Crippen LogP contribution in [0.4, 0.5) is 0 Å². The Kier molecular flexibility index (Phi) is 5.79. The molecular formula is C22H21NO5. The summed E-state index contributed by atoms with van der Waals surface area (Å²) >= 11 is 0. The van der Waals surface area contributed by atoms with Crippen LogP contribution < -0.4 is 5.32 Å². The van der Waals surface area contributed by atoms with Crippen LogP contribution >= 0.6 is 0 Å². The topological polar surface area (TPSA) is 95.9 Å². The summed E-state index contributed by atoms with van der Waals surface area (Å²) in [6, 6.07) is 17.5. The molecule has 1 atom stereocenters. The van der Waals surface area contributed by atoms with E-state index in [1.165, 1.54) is 0 Å². The van der Waals surface area contributed by atoms with Crippen molar-refractivity contribution in [2.24, 2.45) is 0 Å². The first-order chi connectivity index (χ1) is 13.5. The van der Waals surface area contributed by atoms with E-state index in [4.69, 9.17) is 4.74 Å². The van der Waals surface area contributed by atoms with Crippen molar-refractivity contribution in [3.63, 3.8) is 0 Å². The Hall–Kier alpha value is -3.54. The number of rotatable bonds is 6. The van der Waals surface area contributed by atoms with Crippen molar-refractivity contribution in [3.8, 4) is 11.5 Å². The molecule has 0 aliphatic carbocycles. The maximum absolute atomic E-state index is 12.3. The summed E-state index contributed by atoms with van der Waals surface area (Å²) in [6.07, 6.45) is 0. The van der Waals surface area contributed by atoms with Gasteiger partial charge in [-0.25, -0.2) is 4.79 Å². The van der Waals surface area contributed by atoms with E-state index in [0.717, 1.165) is 11.6 Å². The fourth-order valence-corrected chi connectivity index (χ4v) is 2.92. The molecule has 0 aliphatic rings. The average Bonchev–Trinajstić information content (AvgIpc) is 2.73. The number of aromatic hydroxyl groups is 2. The summed E-state index contributed by atoms with van der Waals surface area (Å²) in [6.45, 7) is 1.91. The summed E-state index contributed by atoms with van der Waals surface area (Å²) in [7, 11) is 0. The van der Waals surface area contributed by atoms with Gasteiger partial charge in [-0.05, 0) is 17.5 Å². The van der Waals surface area contributed by atoms with Crippen LogP contribution in [0, 0.1) is 0 Å². The lowest BCUT2D eigenvalue weighted by atomic mass is 10.0. The number of ether oxygens (including phenoxy) is 1. The van der Waals surface area contributed by atoms with Crippen molar-refractivity contribution in [3.05, 3.63) is 71.8 Å². The molecule has 0 spiro atoms. The minimum Gasteiger partial charge on any atom is -0.507 e. The van der Waals surface area contributed by atoms with E-state index < -0.39 is 18.5 Å². The maximum Gasteiger partial charge on any atom is 0.342 e. The van der Waals surface area contributed by atoms with E-state index in [9.17, 15) is 19.8 Å². The van der Waals surface area contributed by atoms with Crippen LogP contribution in [0.25, 0.3) is 10.8 Å². The molecule has 28 heavy (non-hydrogen) atoms. The minimum absolute atomic E-state index is 0.113. The first-order valence-corrected chi connectivity index (χ1v) is 8.90. The molecule has 3 aromatic carbocycles. The van der Waals surface area contributed by atoms with Crippen LogP contribution in [-0.4, -0.2) is 35.2 Å². The second kappa shape index (κ2) is 8.43. The number of carbonyl (C=O) groups excluding carboxylic acids is 2. The summed E-state index contributed by atoms with van der Waals surface area (Å²) < 4.78 is 4.99. The fourth-order valence-electron chi connectivity index (χ4n) is 2.92. The van der Waals surface area contributed by atoms with E-state index in [1.54, 1.807) is 24.3 Å². The summed E-state index contributed by atoms with van der Waals surface area (Å²) in [5.74, 6) is -1.66. The van der Waals surface area contributed by atoms with Crippen molar-refractivity contribution in [1.82, 2.24) is 5.32 Å². The van der Waals surface area contributed by atoms with Crippen molar-refractivity contribution < 1.29 is 24.5 Å². The van der Waals surface area contributed by atoms with E-state index in [0.29, 0.717) is 17.3 Å². The third-order valence-corrected chi connectivity index (χ3v) is 4.52. The van der Waals surface area contributed by atoms with E-state index in [2.05, 4.69) is 5.32 Å². The van der Waals surface area contributed by atoms with Crippen LogP contribution in [0.5, 0.6) is 11.5 Å². The molecule has 0 radical (unpaired) electrons. The lowest BCUT2D eigenvalue weighted by Crippen LogP contribution is -2.31. The number of phenolic OH excluding ortho intramolecular Hbond substituents is 2. The minimum atomic E-state index is -0.884. The van der Waals surface area contributed by atoms with Gasteiger partial charge in [-0.1, -0.05) is 61.5 Å². The molecule has 3 N–H and O–H groups in total. The zero-order chi connectivity index (χ0) is 20.1. The Labute approximate surface area is 162 Å². The van der Waals surface area contributed by atoms with Crippen LogP contribution in [0.2, 0.25) is 0 Å². The molecule has 3 aromatic rings. The number of nitrogens with one attached hydrogen (secondary N) is 1. The molecule has 0 heterocycles. The van der Waals surface area contributed by atoms with Crippen LogP contribution in [0.3, 0.4) is 0 Å². The third-order valence-electron chi connectivity index (χ3n) is 4.52. The predicted molar refractivity (Wildman–Crippen MR) is 105 cm³/mol. The van der Waals surface area contributed by atoms with Gasteiger partial charge >= 0.3 is 5.97 Å². The molecule has 0 aromatic heterocycles. The highest BCUT2D eigenvalue weighted by molar-refractivity contribution is 6.04. The van der Waals surface area contributed by atoms with Gasteiger partial charge in [0.25, 0.3) is 5.91 Å². The maximum atomic E-state index is 12.3. The average molecular weight is 379 g/mol. The van der Waals surface area contributed by atoms with Gasteiger partial charge in [0.1, 0.15) is 17.1 Å². The third kappa shape index (κ3) is 4.23. The van der Waals surface area contributed by atoms with Gasteiger partial charge in [-0.15, -0.1) is 0 Å². The molecule has 0 fully saturated rings. The molecule has 0 unspecified atom stereocenters. The Bertz CT molecular complexity index is 1000. The molecule has 6 heteroatoms. The first kappa shape index (κ1) is 19.2. The number of fused-ring (bicyclic) bond motifs is 1. The quantitative estimate of drug-likeness (QED) is 0.451. The highest BCUT2D eigenvalue weighted by Gasteiger charge is 2.19. The Morgan fingerprint density at radius 2 is 1.64 bits per heavy atom. The van der Waals surface area contributed by atoms with Gasteiger partial charge in [-0.2, -0.15) is 0 Å². The standard InChI is InChI=1S/C22H21NO5/c1-14(15-7-3-2-4-8-15)12-23-20(25)13-28-22(27)18-11-19(24)16-9-5-6-10-17(16)21(18)26/h2-11,14,24,26H,12-13H2,1H3,(H,23,25)/t14-/m0/s1. The number of esters is 1. The zero-order valence-corrected chi connectivity index (χ0v) is 15.4. The number of hydrogen-bond acceptors (Lipinski definition) is 5. The van der Waals surface area contributed by atoms with E-state index in [1.807, 2.05) is 37.3 Å². The van der Waals surface area contributed by atoms with E-state index >= 15 is 0 Å². The van der Waals surface area contributed by atoms with Crippen LogP contribution in [-0.2, 0) is 9.53 Å². The SMILES string of the molecule is C[C@@H](CNC(=O)COC(=O)c1cc(O)c2ccccc2c1O)c1ccccc1. The molecule has 3 rings (SSSR count). The number of phenols is 2. The molecule has 1 amide bonds. The normalized spacial score (nSPS) is 11.8. The van der Waals surface area contributed by atoms with Gasteiger partial charge in [-0.3, -0.25) is 4.79 Å². The molecule has 0 bridgehead atoms. The fraction of sp³-hybridized carbons (Fsp3) is 0.182. The van der Waals surface area contributed by atoms with Gasteiger partial charge < -0.3 is 20.3 Å². The molecule has 0 aliphatic heterocycles. The van der Waals surface area contributed by atoms with Crippen molar-refractivity contribution in [2.45, 2.75) is 12.8 Å². The number of benzene rings is 3. The Morgan fingerprint density at radius 3 is 2.36 bits per heavy atom. The van der Waals surface area contributed by atoms with Gasteiger partial charge in [0, 0.05) is 17.3 Å². The first-order valence-electron chi connectivity index (χ1n) is 8.90. The molecule has 0 saturated heterocycles. The largest absolute Gasteiger partial charge is 0.507 e. The van der Waals surface area contributed by atoms with Gasteiger partial charge in [0.15, 0.2) is 6.61 Å².